The first-order valence-corrected chi connectivity index (χ1v) is 7.57. The minimum Gasteiger partial charge on any atom is -0.330 e. The van der Waals surface area contributed by atoms with Gasteiger partial charge in [-0.05, 0) is 43.1 Å². The van der Waals surface area contributed by atoms with Crippen molar-refractivity contribution in [2.45, 2.75) is 19.8 Å². The molecule has 1 aromatic carbocycles. The summed E-state index contributed by atoms with van der Waals surface area (Å²) >= 11 is 1.60. The Hall–Kier alpha value is -1.72. The number of amides is 1. The fourth-order valence-corrected chi connectivity index (χ4v) is 2.43. The summed E-state index contributed by atoms with van der Waals surface area (Å²) in [7, 11) is 0. The lowest BCUT2D eigenvalue weighted by molar-refractivity contribution is -0.116. The van der Waals surface area contributed by atoms with Crippen molar-refractivity contribution in [3.05, 3.63) is 35.8 Å². The molecule has 0 spiro atoms. The van der Waals surface area contributed by atoms with Crippen LogP contribution in [-0.2, 0) is 4.79 Å². The summed E-state index contributed by atoms with van der Waals surface area (Å²) in [5, 5.41) is 5.83. The zero-order chi connectivity index (χ0) is 14.4. The number of aromatic nitrogens is 1. The zero-order valence-corrected chi connectivity index (χ0v) is 12.3. The maximum absolute atomic E-state index is 11.8. The topological polar surface area (TPSA) is 68.0 Å². The number of nitrogens with one attached hydrogen (secondary N) is 1. The molecule has 0 aliphatic heterocycles. The molecule has 20 heavy (non-hydrogen) atoms. The first kappa shape index (κ1) is 14.7. The van der Waals surface area contributed by atoms with E-state index in [4.69, 9.17) is 5.73 Å². The molecule has 4 nitrogen and oxygen atoms in total. The lowest BCUT2D eigenvalue weighted by atomic mass is 10.1. The summed E-state index contributed by atoms with van der Waals surface area (Å²) < 4.78 is 0. The molecule has 3 N–H and O–H groups in total. The molecule has 0 fully saturated rings. The summed E-state index contributed by atoms with van der Waals surface area (Å²) in [6, 6.07) is 7.75. The number of hydrogen-bond donors (Lipinski definition) is 2. The largest absolute Gasteiger partial charge is 0.330 e. The van der Waals surface area contributed by atoms with Crippen molar-refractivity contribution in [1.29, 1.82) is 0 Å². The van der Waals surface area contributed by atoms with Crippen LogP contribution in [0.3, 0.4) is 0 Å². The standard InChI is InChI=1S/C15H19N3OS/c1-11(10-16)2-7-14(19)18-13-5-3-12(4-6-13)15-17-8-9-20-15/h3-6,8-9,11H,2,7,10,16H2,1H3,(H,18,19). The van der Waals surface area contributed by atoms with Gasteiger partial charge in [-0.1, -0.05) is 6.92 Å². The van der Waals surface area contributed by atoms with Gasteiger partial charge in [-0.25, -0.2) is 4.98 Å². The van der Waals surface area contributed by atoms with E-state index < -0.39 is 0 Å². The van der Waals surface area contributed by atoms with Gasteiger partial charge >= 0.3 is 0 Å². The number of rotatable bonds is 6. The van der Waals surface area contributed by atoms with Gasteiger partial charge in [0, 0.05) is 29.2 Å². The fourth-order valence-electron chi connectivity index (χ4n) is 1.78. The van der Waals surface area contributed by atoms with Crippen LogP contribution in [0.2, 0.25) is 0 Å². The number of hydrogen-bond acceptors (Lipinski definition) is 4. The molecule has 2 aromatic rings. The molecule has 106 valence electrons. The molecule has 0 bridgehead atoms. The molecular weight excluding hydrogens is 270 g/mol. The monoisotopic (exact) mass is 289 g/mol. The Kier molecular flexibility index (Phi) is 5.26. The van der Waals surface area contributed by atoms with E-state index >= 15 is 0 Å². The third-order valence-corrected chi connectivity index (χ3v) is 3.94. The van der Waals surface area contributed by atoms with Gasteiger partial charge in [0.25, 0.3) is 0 Å². The van der Waals surface area contributed by atoms with E-state index in [0.717, 1.165) is 22.7 Å². The van der Waals surface area contributed by atoms with Crippen LogP contribution >= 0.6 is 11.3 Å². The second-order valence-corrected chi connectivity index (χ2v) is 5.74. The maximum Gasteiger partial charge on any atom is 0.224 e. The predicted octanol–water partition coefficient (Wildman–Crippen LogP) is 3.12. The molecule has 1 heterocycles. The summed E-state index contributed by atoms with van der Waals surface area (Å²) in [6.07, 6.45) is 3.11. The first-order valence-electron chi connectivity index (χ1n) is 6.69. The third kappa shape index (κ3) is 4.15. The Bertz CT molecular complexity index is 537. The van der Waals surface area contributed by atoms with Crippen molar-refractivity contribution in [3.8, 4) is 10.6 Å². The molecule has 1 unspecified atom stereocenters. The van der Waals surface area contributed by atoms with E-state index in [-0.39, 0.29) is 5.91 Å². The summed E-state index contributed by atoms with van der Waals surface area (Å²) in [5.41, 5.74) is 7.42. The van der Waals surface area contributed by atoms with Gasteiger partial charge in [-0.3, -0.25) is 4.79 Å². The van der Waals surface area contributed by atoms with E-state index in [1.165, 1.54) is 0 Å². The Morgan fingerprint density at radius 1 is 1.40 bits per heavy atom. The number of anilines is 1. The van der Waals surface area contributed by atoms with Crippen molar-refractivity contribution >= 4 is 22.9 Å². The van der Waals surface area contributed by atoms with Crippen molar-refractivity contribution < 1.29 is 4.79 Å². The number of carbonyl (C=O) groups excluding carboxylic acids is 1. The van der Waals surface area contributed by atoms with E-state index in [0.29, 0.717) is 18.9 Å². The zero-order valence-electron chi connectivity index (χ0n) is 11.5. The molecule has 1 aromatic heterocycles. The quantitative estimate of drug-likeness (QED) is 0.858. The van der Waals surface area contributed by atoms with Crippen LogP contribution in [0.15, 0.2) is 35.8 Å². The summed E-state index contributed by atoms with van der Waals surface area (Å²) in [6.45, 7) is 2.67. The molecule has 0 aliphatic carbocycles. The second kappa shape index (κ2) is 7.17. The van der Waals surface area contributed by atoms with Gasteiger partial charge < -0.3 is 11.1 Å². The Morgan fingerprint density at radius 2 is 2.15 bits per heavy atom. The highest BCUT2D eigenvalue weighted by atomic mass is 32.1. The smallest absolute Gasteiger partial charge is 0.224 e. The van der Waals surface area contributed by atoms with E-state index in [1.807, 2.05) is 29.6 Å². The SMILES string of the molecule is CC(CN)CCC(=O)Nc1ccc(-c2nccs2)cc1. The van der Waals surface area contributed by atoms with E-state index in [1.54, 1.807) is 17.5 Å². The van der Waals surface area contributed by atoms with Crippen LogP contribution in [0.1, 0.15) is 19.8 Å². The van der Waals surface area contributed by atoms with E-state index in [9.17, 15) is 4.79 Å². The minimum atomic E-state index is 0.0345. The molecule has 0 aliphatic rings. The fraction of sp³-hybridized carbons (Fsp3) is 0.333. The molecule has 1 atom stereocenters. The predicted molar refractivity (Wildman–Crippen MR) is 83.6 cm³/mol. The van der Waals surface area contributed by atoms with Gasteiger partial charge in [0.1, 0.15) is 5.01 Å². The maximum atomic E-state index is 11.8. The number of carbonyl (C=O) groups is 1. The van der Waals surface area contributed by atoms with Gasteiger partial charge in [0.15, 0.2) is 0 Å². The average Bonchev–Trinajstić information content (AvgIpc) is 2.99. The molecule has 0 saturated carbocycles. The van der Waals surface area contributed by atoms with Crippen molar-refractivity contribution in [1.82, 2.24) is 4.98 Å². The molecule has 5 heteroatoms. The summed E-state index contributed by atoms with van der Waals surface area (Å²) in [5.74, 6) is 0.417. The number of benzene rings is 1. The van der Waals surface area contributed by atoms with E-state index in [2.05, 4.69) is 17.2 Å². The van der Waals surface area contributed by atoms with Gasteiger partial charge in [0.2, 0.25) is 5.91 Å². The van der Waals surface area contributed by atoms with Gasteiger partial charge in [0.05, 0.1) is 0 Å². The second-order valence-electron chi connectivity index (χ2n) is 4.84. The Balaban J connectivity index is 1.89. The lowest BCUT2D eigenvalue weighted by Crippen LogP contribution is -2.16. The van der Waals surface area contributed by atoms with Crippen LogP contribution in [0.5, 0.6) is 0 Å². The van der Waals surface area contributed by atoms with Crippen LogP contribution in [0.25, 0.3) is 10.6 Å². The lowest BCUT2D eigenvalue weighted by Gasteiger charge is -2.09. The Morgan fingerprint density at radius 3 is 2.75 bits per heavy atom. The molecule has 2 rings (SSSR count). The highest BCUT2D eigenvalue weighted by Crippen LogP contribution is 2.23. The average molecular weight is 289 g/mol. The Labute approximate surface area is 123 Å². The van der Waals surface area contributed by atoms with Gasteiger partial charge in [-0.2, -0.15) is 0 Å². The van der Waals surface area contributed by atoms with Crippen molar-refractivity contribution in [2.24, 2.45) is 11.7 Å². The molecule has 0 radical (unpaired) electrons. The number of nitrogens with zero attached hydrogens (tertiary/aromatic N) is 1. The third-order valence-electron chi connectivity index (χ3n) is 3.11. The highest BCUT2D eigenvalue weighted by molar-refractivity contribution is 7.13. The summed E-state index contributed by atoms with van der Waals surface area (Å²) in [4.78, 5) is 16.0. The number of thiazole rings is 1. The highest BCUT2D eigenvalue weighted by Gasteiger charge is 2.06. The van der Waals surface area contributed by atoms with Crippen LogP contribution in [-0.4, -0.2) is 17.4 Å². The van der Waals surface area contributed by atoms with Gasteiger partial charge in [-0.15, -0.1) is 11.3 Å². The minimum absolute atomic E-state index is 0.0345. The van der Waals surface area contributed by atoms with Crippen LogP contribution in [0, 0.1) is 5.92 Å². The molecule has 1 amide bonds. The van der Waals surface area contributed by atoms with Crippen LogP contribution < -0.4 is 11.1 Å². The number of nitrogens with two attached hydrogens (primary N) is 1. The van der Waals surface area contributed by atoms with Crippen LogP contribution in [0.4, 0.5) is 5.69 Å². The normalized spacial score (nSPS) is 12.1. The molecular formula is C15H19N3OS. The van der Waals surface area contributed by atoms with Crippen molar-refractivity contribution in [2.75, 3.05) is 11.9 Å². The first-order chi connectivity index (χ1) is 9.69. The molecule has 0 saturated heterocycles. The van der Waals surface area contributed by atoms with Crippen molar-refractivity contribution in [3.63, 3.8) is 0 Å².